The molecule has 0 amide bonds. The first-order valence-electron chi connectivity index (χ1n) is 5.41. The van der Waals surface area contributed by atoms with Gasteiger partial charge in [-0.25, -0.2) is 0 Å². The Morgan fingerprint density at radius 2 is 1.71 bits per heavy atom. The number of hydrogen-bond acceptors (Lipinski definition) is 3. The number of aromatic hydroxyl groups is 1. The SMILES string of the molecule is Cc1ccc(N)c(C(O)c2ccc(O)cc2)c1. The molecule has 0 fully saturated rings. The van der Waals surface area contributed by atoms with E-state index in [1.54, 1.807) is 30.3 Å². The summed E-state index contributed by atoms with van der Waals surface area (Å²) >= 11 is 0. The Labute approximate surface area is 100 Å². The zero-order valence-corrected chi connectivity index (χ0v) is 9.59. The molecule has 88 valence electrons. The maximum absolute atomic E-state index is 10.2. The summed E-state index contributed by atoms with van der Waals surface area (Å²) < 4.78 is 0. The van der Waals surface area contributed by atoms with E-state index < -0.39 is 6.10 Å². The second-order valence-electron chi connectivity index (χ2n) is 4.13. The van der Waals surface area contributed by atoms with Crippen molar-refractivity contribution in [1.29, 1.82) is 0 Å². The number of aliphatic hydroxyl groups is 1. The summed E-state index contributed by atoms with van der Waals surface area (Å²) in [5.74, 6) is 0.179. The van der Waals surface area contributed by atoms with Crippen molar-refractivity contribution in [3.8, 4) is 5.75 Å². The van der Waals surface area contributed by atoms with E-state index in [-0.39, 0.29) is 5.75 Å². The Morgan fingerprint density at radius 3 is 2.35 bits per heavy atom. The third-order valence-electron chi connectivity index (χ3n) is 2.75. The number of phenolic OH excluding ortho intramolecular Hbond substituents is 1. The normalized spacial score (nSPS) is 12.4. The van der Waals surface area contributed by atoms with Crippen molar-refractivity contribution >= 4 is 5.69 Å². The van der Waals surface area contributed by atoms with E-state index in [0.29, 0.717) is 16.8 Å². The highest BCUT2D eigenvalue weighted by molar-refractivity contribution is 5.52. The van der Waals surface area contributed by atoms with Gasteiger partial charge in [-0.2, -0.15) is 0 Å². The van der Waals surface area contributed by atoms with Crippen LogP contribution in [-0.2, 0) is 0 Å². The van der Waals surface area contributed by atoms with Crippen LogP contribution in [0.5, 0.6) is 5.75 Å². The molecule has 0 aliphatic rings. The van der Waals surface area contributed by atoms with Crippen LogP contribution in [0.4, 0.5) is 5.69 Å². The van der Waals surface area contributed by atoms with Gasteiger partial charge in [-0.05, 0) is 30.7 Å². The standard InChI is InChI=1S/C14H15NO2/c1-9-2-7-13(15)12(8-9)14(17)10-3-5-11(16)6-4-10/h2-8,14,16-17H,15H2,1H3. The van der Waals surface area contributed by atoms with E-state index in [9.17, 15) is 10.2 Å². The number of nitrogen functional groups attached to an aromatic ring is 1. The van der Waals surface area contributed by atoms with E-state index in [0.717, 1.165) is 5.56 Å². The molecule has 0 saturated carbocycles. The Kier molecular flexibility index (Phi) is 3.02. The molecule has 4 N–H and O–H groups in total. The monoisotopic (exact) mass is 229 g/mol. The van der Waals surface area contributed by atoms with Gasteiger partial charge in [0.2, 0.25) is 0 Å². The fourth-order valence-electron chi connectivity index (χ4n) is 1.77. The molecule has 2 aromatic carbocycles. The molecule has 0 aliphatic carbocycles. The van der Waals surface area contributed by atoms with Crippen LogP contribution in [0, 0.1) is 6.92 Å². The quantitative estimate of drug-likeness (QED) is 0.692. The maximum Gasteiger partial charge on any atom is 0.115 e. The fraction of sp³-hybridized carbons (Fsp3) is 0.143. The van der Waals surface area contributed by atoms with Crippen molar-refractivity contribution in [3.05, 3.63) is 59.2 Å². The first-order valence-corrected chi connectivity index (χ1v) is 5.41. The van der Waals surface area contributed by atoms with Gasteiger partial charge in [0.15, 0.2) is 0 Å². The van der Waals surface area contributed by atoms with Gasteiger partial charge in [0.1, 0.15) is 11.9 Å². The zero-order chi connectivity index (χ0) is 12.4. The molecule has 0 aliphatic heterocycles. The average Bonchev–Trinajstić information content (AvgIpc) is 2.32. The van der Waals surface area contributed by atoms with E-state index in [1.807, 2.05) is 19.1 Å². The molecule has 0 radical (unpaired) electrons. The van der Waals surface area contributed by atoms with Gasteiger partial charge in [0.05, 0.1) is 0 Å². The number of hydrogen-bond donors (Lipinski definition) is 3. The van der Waals surface area contributed by atoms with Gasteiger partial charge in [-0.15, -0.1) is 0 Å². The minimum atomic E-state index is -0.768. The molecule has 0 aromatic heterocycles. The molecule has 17 heavy (non-hydrogen) atoms. The lowest BCUT2D eigenvalue weighted by atomic mass is 9.98. The molecular weight excluding hydrogens is 214 g/mol. The van der Waals surface area contributed by atoms with Crippen LogP contribution in [0.2, 0.25) is 0 Å². The predicted octanol–water partition coefficient (Wildman–Crippen LogP) is 2.36. The maximum atomic E-state index is 10.2. The summed E-state index contributed by atoms with van der Waals surface area (Å²) in [6.45, 7) is 1.95. The molecule has 3 heteroatoms. The van der Waals surface area contributed by atoms with Crippen molar-refractivity contribution in [2.45, 2.75) is 13.0 Å². The Hall–Kier alpha value is -2.00. The van der Waals surface area contributed by atoms with E-state index in [2.05, 4.69) is 0 Å². The largest absolute Gasteiger partial charge is 0.508 e. The first-order chi connectivity index (χ1) is 8.08. The van der Waals surface area contributed by atoms with Crippen molar-refractivity contribution in [2.75, 3.05) is 5.73 Å². The summed E-state index contributed by atoms with van der Waals surface area (Å²) in [5.41, 5.74) is 8.86. The topological polar surface area (TPSA) is 66.5 Å². The summed E-state index contributed by atoms with van der Waals surface area (Å²) in [6.07, 6.45) is -0.768. The van der Waals surface area contributed by atoms with Crippen molar-refractivity contribution in [3.63, 3.8) is 0 Å². The van der Waals surface area contributed by atoms with E-state index >= 15 is 0 Å². The Balaban J connectivity index is 2.39. The molecule has 0 saturated heterocycles. The van der Waals surface area contributed by atoms with Crippen molar-refractivity contribution < 1.29 is 10.2 Å². The molecule has 0 heterocycles. The van der Waals surface area contributed by atoms with Gasteiger partial charge < -0.3 is 15.9 Å². The minimum Gasteiger partial charge on any atom is -0.508 e. The smallest absolute Gasteiger partial charge is 0.115 e. The van der Waals surface area contributed by atoms with Gasteiger partial charge in [-0.3, -0.25) is 0 Å². The Bertz CT molecular complexity index is 520. The van der Waals surface area contributed by atoms with Gasteiger partial charge in [-0.1, -0.05) is 29.8 Å². The fourth-order valence-corrected chi connectivity index (χ4v) is 1.77. The second-order valence-corrected chi connectivity index (χ2v) is 4.13. The number of anilines is 1. The van der Waals surface area contributed by atoms with Crippen molar-refractivity contribution in [1.82, 2.24) is 0 Å². The lowest BCUT2D eigenvalue weighted by Gasteiger charge is -2.14. The molecule has 0 spiro atoms. The molecule has 1 unspecified atom stereocenters. The van der Waals surface area contributed by atoms with Crippen LogP contribution in [0.25, 0.3) is 0 Å². The van der Waals surface area contributed by atoms with Gasteiger partial charge >= 0.3 is 0 Å². The lowest BCUT2D eigenvalue weighted by Crippen LogP contribution is -2.04. The predicted molar refractivity (Wildman–Crippen MR) is 67.8 cm³/mol. The van der Waals surface area contributed by atoms with Crippen LogP contribution in [-0.4, -0.2) is 10.2 Å². The number of phenols is 1. The van der Waals surface area contributed by atoms with Crippen LogP contribution in [0.3, 0.4) is 0 Å². The molecule has 2 aromatic rings. The minimum absolute atomic E-state index is 0.179. The van der Waals surface area contributed by atoms with Gasteiger partial charge in [0, 0.05) is 11.3 Å². The number of nitrogens with two attached hydrogens (primary N) is 1. The zero-order valence-electron chi connectivity index (χ0n) is 9.59. The summed E-state index contributed by atoms with van der Waals surface area (Å²) in [5, 5.41) is 19.4. The summed E-state index contributed by atoms with van der Waals surface area (Å²) in [4.78, 5) is 0. The summed E-state index contributed by atoms with van der Waals surface area (Å²) in [7, 11) is 0. The number of aliphatic hydroxyl groups excluding tert-OH is 1. The van der Waals surface area contributed by atoms with Crippen LogP contribution < -0.4 is 5.73 Å². The van der Waals surface area contributed by atoms with Gasteiger partial charge in [0.25, 0.3) is 0 Å². The molecule has 0 bridgehead atoms. The first kappa shape index (κ1) is 11.5. The van der Waals surface area contributed by atoms with Crippen LogP contribution in [0.1, 0.15) is 22.8 Å². The molecular formula is C14H15NO2. The third kappa shape index (κ3) is 2.40. The van der Waals surface area contributed by atoms with Crippen LogP contribution in [0.15, 0.2) is 42.5 Å². The molecule has 3 nitrogen and oxygen atoms in total. The number of benzene rings is 2. The molecule has 2 rings (SSSR count). The second kappa shape index (κ2) is 4.47. The average molecular weight is 229 g/mol. The molecule has 1 atom stereocenters. The number of rotatable bonds is 2. The van der Waals surface area contributed by atoms with Crippen molar-refractivity contribution in [2.24, 2.45) is 0 Å². The Morgan fingerprint density at radius 1 is 1.06 bits per heavy atom. The highest BCUT2D eigenvalue weighted by Crippen LogP contribution is 2.28. The lowest BCUT2D eigenvalue weighted by molar-refractivity contribution is 0.221. The van der Waals surface area contributed by atoms with Crippen LogP contribution >= 0.6 is 0 Å². The van der Waals surface area contributed by atoms with E-state index in [4.69, 9.17) is 5.73 Å². The highest BCUT2D eigenvalue weighted by Gasteiger charge is 2.13. The highest BCUT2D eigenvalue weighted by atomic mass is 16.3. The summed E-state index contributed by atoms with van der Waals surface area (Å²) in [6, 6.07) is 12.0. The third-order valence-corrected chi connectivity index (χ3v) is 2.75. The van der Waals surface area contributed by atoms with E-state index in [1.165, 1.54) is 0 Å². The number of aryl methyl sites for hydroxylation is 1.